The van der Waals surface area contributed by atoms with Gasteiger partial charge in [-0.3, -0.25) is 9.59 Å². The molecule has 0 aliphatic rings. The van der Waals surface area contributed by atoms with E-state index in [2.05, 4.69) is 10.3 Å². The van der Waals surface area contributed by atoms with Gasteiger partial charge in [0.1, 0.15) is 23.5 Å². The van der Waals surface area contributed by atoms with Crippen LogP contribution in [-0.2, 0) is 4.79 Å². The lowest BCUT2D eigenvalue weighted by Crippen LogP contribution is -2.42. The van der Waals surface area contributed by atoms with E-state index in [0.717, 1.165) is 18.4 Å². The van der Waals surface area contributed by atoms with Gasteiger partial charge in [-0.25, -0.2) is 13.8 Å². The number of benzene rings is 1. The summed E-state index contributed by atoms with van der Waals surface area (Å²) in [7, 11) is 0. The molecular weight excluding hydrogens is 334 g/mol. The van der Waals surface area contributed by atoms with Crippen LogP contribution in [0.4, 0.5) is 8.78 Å². The molecule has 134 valence electrons. The Morgan fingerprint density at radius 1 is 1.24 bits per heavy atom. The molecule has 0 aliphatic carbocycles. The molecule has 0 fully saturated rings. The van der Waals surface area contributed by atoms with Crippen molar-refractivity contribution in [2.45, 2.75) is 26.7 Å². The molecule has 1 aromatic carbocycles. The van der Waals surface area contributed by atoms with Crippen LogP contribution < -0.4 is 5.32 Å². The van der Waals surface area contributed by atoms with Gasteiger partial charge in [-0.1, -0.05) is 19.9 Å². The molecule has 25 heavy (non-hydrogen) atoms. The molecule has 0 saturated heterocycles. The molecule has 1 heterocycles. The molecule has 1 amide bonds. The van der Waals surface area contributed by atoms with Crippen molar-refractivity contribution in [2.24, 2.45) is 5.41 Å². The summed E-state index contributed by atoms with van der Waals surface area (Å²) < 4.78 is 32.4. The second-order valence-corrected chi connectivity index (χ2v) is 5.61. The Morgan fingerprint density at radius 2 is 1.84 bits per heavy atom. The first-order valence-corrected chi connectivity index (χ1v) is 7.76. The summed E-state index contributed by atoms with van der Waals surface area (Å²) in [6.45, 7) is 3.35. The number of halogens is 2. The molecule has 0 saturated carbocycles. The lowest BCUT2D eigenvalue weighted by atomic mass is 9.82. The van der Waals surface area contributed by atoms with Crippen molar-refractivity contribution in [3.8, 4) is 11.5 Å². The quantitative estimate of drug-likeness (QED) is 0.798. The Kier molecular flexibility index (Phi) is 5.51. The highest BCUT2D eigenvalue weighted by Gasteiger charge is 2.35. The third kappa shape index (κ3) is 3.67. The average Bonchev–Trinajstić information content (AvgIpc) is 3.05. The molecule has 0 bridgehead atoms. The molecule has 8 heteroatoms. The standard InChI is InChI=1S/C17H18F2N2O4/c1-3-17(4-2,16(23)24)9-20-14(22)12-8-25-15(21-12)13-10(18)6-5-7-11(13)19/h5-8H,3-4,9H2,1-2H3,(H,20,22)(H,23,24). The zero-order valence-electron chi connectivity index (χ0n) is 13.8. The van der Waals surface area contributed by atoms with Crippen LogP contribution in [0, 0.1) is 17.0 Å². The van der Waals surface area contributed by atoms with Gasteiger partial charge in [-0.15, -0.1) is 0 Å². The van der Waals surface area contributed by atoms with E-state index >= 15 is 0 Å². The number of hydrogen-bond acceptors (Lipinski definition) is 4. The molecule has 2 aromatic rings. The number of rotatable bonds is 7. The molecule has 2 rings (SSSR count). The minimum atomic E-state index is -1.08. The summed E-state index contributed by atoms with van der Waals surface area (Å²) in [6, 6.07) is 3.30. The first-order chi connectivity index (χ1) is 11.8. The zero-order chi connectivity index (χ0) is 18.6. The zero-order valence-corrected chi connectivity index (χ0v) is 13.8. The summed E-state index contributed by atoms with van der Waals surface area (Å²) >= 11 is 0. The third-order valence-corrected chi connectivity index (χ3v) is 4.31. The lowest BCUT2D eigenvalue weighted by Gasteiger charge is -2.26. The van der Waals surface area contributed by atoms with Crippen molar-refractivity contribution in [1.29, 1.82) is 0 Å². The summed E-state index contributed by atoms with van der Waals surface area (Å²) in [6.07, 6.45) is 1.64. The number of oxazole rings is 1. The number of nitrogens with one attached hydrogen (secondary N) is 1. The van der Waals surface area contributed by atoms with Gasteiger partial charge >= 0.3 is 5.97 Å². The van der Waals surface area contributed by atoms with E-state index in [0.29, 0.717) is 12.8 Å². The molecule has 6 nitrogen and oxygen atoms in total. The normalized spacial score (nSPS) is 11.4. The second kappa shape index (κ2) is 7.42. The minimum Gasteiger partial charge on any atom is -0.481 e. The maximum Gasteiger partial charge on any atom is 0.311 e. The smallest absolute Gasteiger partial charge is 0.311 e. The summed E-state index contributed by atoms with van der Waals surface area (Å²) in [4.78, 5) is 27.4. The molecule has 1 aromatic heterocycles. The van der Waals surface area contributed by atoms with Crippen LogP contribution in [0.2, 0.25) is 0 Å². The van der Waals surface area contributed by atoms with Crippen molar-refractivity contribution in [1.82, 2.24) is 10.3 Å². The van der Waals surface area contributed by atoms with Crippen LogP contribution in [0.5, 0.6) is 0 Å². The molecule has 2 N–H and O–H groups in total. The van der Waals surface area contributed by atoms with Gasteiger partial charge in [0.15, 0.2) is 5.69 Å². The number of carboxylic acid groups (broad SMARTS) is 1. The number of carbonyl (C=O) groups excluding carboxylic acids is 1. The van der Waals surface area contributed by atoms with E-state index in [4.69, 9.17) is 4.42 Å². The molecular formula is C17H18F2N2O4. The second-order valence-electron chi connectivity index (χ2n) is 5.61. The van der Waals surface area contributed by atoms with Crippen molar-refractivity contribution in [3.63, 3.8) is 0 Å². The van der Waals surface area contributed by atoms with E-state index < -0.39 is 34.5 Å². The third-order valence-electron chi connectivity index (χ3n) is 4.31. The number of aliphatic carboxylic acids is 1. The van der Waals surface area contributed by atoms with E-state index in [1.54, 1.807) is 13.8 Å². The first kappa shape index (κ1) is 18.6. The van der Waals surface area contributed by atoms with Gasteiger partial charge in [-0.2, -0.15) is 0 Å². The highest BCUT2D eigenvalue weighted by Crippen LogP contribution is 2.27. The van der Waals surface area contributed by atoms with E-state index in [-0.39, 0.29) is 18.1 Å². The van der Waals surface area contributed by atoms with E-state index in [1.807, 2.05) is 0 Å². The molecule has 0 unspecified atom stereocenters. The Labute approximate surface area is 142 Å². The predicted octanol–water partition coefficient (Wildman–Crippen LogP) is 3.24. The lowest BCUT2D eigenvalue weighted by molar-refractivity contribution is -0.149. The number of carboxylic acids is 1. The molecule has 0 spiro atoms. The Morgan fingerprint density at radius 3 is 2.36 bits per heavy atom. The fraction of sp³-hybridized carbons (Fsp3) is 0.353. The monoisotopic (exact) mass is 352 g/mol. The topological polar surface area (TPSA) is 92.4 Å². The highest BCUT2D eigenvalue weighted by molar-refractivity contribution is 5.92. The molecule has 0 radical (unpaired) electrons. The van der Waals surface area contributed by atoms with Crippen molar-refractivity contribution < 1.29 is 27.9 Å². The number of carbonyl (C=O) groups is 2. The van der Waals surface area contributed by atoms with Gasteiger partial charge in [0.2, 0.25) is 5.89 Å². The fourth-order valence-corrected chi connectivity index (χ4v) is 2.41. The summed E-state index contributed by atoms with van der Waals surface area (Å²) in [5.74, 6) is -3.78. The van der Waals surface area contributed by atoms with Gasteiger partial charge in [-0.05, 0) is 25.0 Å². The Bertz CT molecular complexity index is 764. The van der Waals surface area contributed by atoms with Gasteiger partial charge in [0, 0.05) is 6.54 Å². The maximum absolute atomic E-state index is 13.7. The number of amides is 1. The Hall–Kier alpha value is -2.77. The van der Waals surface area contributed by atoms with Crippen LogP contribution in [0.3, 0.4) is 0 Å². The van der Waals surface area contributed by atoms with Crippen molar-refractivity contribution in [3.05, 3.63) is 41.8 Å². The first-order valence-electron chi connectivity index (χ1n) is 7.76. The largest absolute Gasteiger partial charge is 0.481 e. The van der Waals surface area contributed by atoms with Crippen molar-refractivity contribution >= 4 is 11.9 Å². The van der Waals surface area contributed by atoms with Crippen molar-refractivity contribution in [2.75, 3.05) is 6.54 Å². The predicted molar refractivity (Wildman–Crippen MR) is 84.8 cm³/mol. The molecule has 0 aliphatic heterocycles. The van der Waals surface area contributed by atoms with Crippen LogP contribution >= 0.6 is 0 Å². The Balaban J connectivity index is 2.17. The number of hydrogen-bond donors (Lipinski definition) is 2. The minimum absolute atomic E-state index is 0.0928. The van der Waals surface area contributed by atoms with E-state index in [9.17, 15) is 23.5 Å². The fourth-order valence-electron chi connectivity index (χ4n) is 2.41. The van der Waals surface area contributed by atoms with Crippen LogP contribution in [-0.4, -0.2) is 28.5 Å². The maximum atomic E-state index is 13.7. The van der Waals surface area contributed by atoms with Crippen LogP contribution in [0.15, 0.2) is 28.9 Å². The van der Waals surface area contributed by atoms with Gasteiger partial charge < -0.3 is 14.8 Å². The summed E-state index contributed by atoms with van der Waals surface area (Å²) in [5, 5.41) is 11.8. The highest BCUT2D eigenvalue weighted by atomic mass is 19.1. The van der Waals surface area contributed by atoms with Crippen LogP contribution in [0.1, 0.15) is 37.2 Å². The van der Waals surface area contributed by atoms with Crippen LogP contribution in [0.25, 0.3) is 11.5 Å². The van der Waals surface area contributed by atoms with Gasteiger partial charge in [0.05, 0.1) is 5.41 Å². The van der Waals surface area contributed by atoms with Gasteiger partial charge in [0.25, 0.3) is 5.91 Å². The SMILES string of the molecule is CCC(CC)(CNC(=O)c1coc(-c2c(F)cccc2F)n1)C(=O)O. The van der Waals surface area contributed by atoms with E-state index in [1.165, 1.54) is 6.07 Å². The summed E-state index contributed by atoms with van der Waals surface area (Å²) in [5.41, 5.74) is -1.74. The molecule has 0 atom stereocenters. The number of nitrogens with zero attached hydrogens (tertiary/aromatic N) is 1. The number of aromatic nitrogens is 1. The average molecular weight is 352 g/mol.